The van der Waals surface area contributed by atoms with Crippen LogP contribution in [0.25, 0.3) is 0 Å². The number of hydrogen-bond donors (Lipinski definition) is 1. The highest BCUT2D eigenvalue weighted by molar-refractivity contribution is 6.30. The molecule has 106 valence electrons. The number of aliphatic hydroxyl groups excluding tert-OH is 1. The molecule has 0 amide bonds. The predicted octanol–water partition coefficient (Wildman–Crippen LogP) is 5.06. The molecule has 2 rings (SSSR count). The number of hydrogen-bond acceptors (Lipinski definition) is 2. The van der Waals surface area contributed by atoms with E-state index in [1.165, 1.54) is 0 Å². The van der Waals surface area contributed by atoms with E-state index in [-0.39, 0.29) is 6.61 Å². The summed E-state index contributed by atoms with van der Waals surface area (Å²) in [5.41, 5.74) is 3.00. The second-order valence-electron chi connectivity index (χ2n) is 5.21. The zero-order valence-electron chi connectivity index (χ0n) is 12.0. The molecule has 0 saturated heterocycles. The molecule has 0 atom stereocenters. The number of rotatable bonds is 4. The van der Waals surface area contributed by atoms with E-state index < -0.39 is 0 Å². The largest absolute Gasteiger partial charge is 0.457 e. The van der Waals surface area contributed by atoms with Crippen LogP contribution in [-0.4, -0.2) is 5.11 Å². The topological polar surface area (TPSA) is 29.5 Å². The maximum absolute atomic E-state index is 9.40. The van der Waals surface area contributed by atoms with Crippen LogP contribution >= 0.6 is 11.6 Å². The van der Waals surface area contributed by atoms with Gasteiger partial charge in [0.25, 0.3) is 0 Å². The Morgan fingerprint density at radius 3 is 2.50 bits per heavy atom. The zero-order chi connectivity index (χ0) is 14.7. The van der Waals surface area contributed by atoms with Crippen LogP contribution in [0.3, 0.4) is 0 Å². The Hall–Kier alpha value is -1.51. The van der Waals surface area contributed by atoms with Crippen LogP contribution in [-0.2, 0) is 6.61 Å². The quantitative estimate of drug-likeness (QED) is 0.853. The van der Waals surface area contributed by atoms with Gasteiger partial charge < -0.3 is 9.84 Å². The predicted molar refractivity (Wildman–Crippen MR) is 82.7 cm³/mol. The van der Waals surface area contributed by atoms with Gasteiger partial charge in [0, 0.05) is 10.6 Å². The third kappa shape index (κ3) is 3.33. The summed E-state index contributed by atoms with van der Waals surface area (Å²) >= 11 is 6.01. The van der Waals surface area contributed by atoms with Crippen LogP contribution in [0.1, 0.15) is 36.5 Å². The molecule has 3 heteroatoms. The molecular formula is C17H19ClO2. The molecule has 2 nitrogen and oxygen atoms in total. The van der Waals surface area contributed by atoms with Crippen molar-refractivity contribution in [3.8, 4) is 11.5 Å². The van der Waals surface area contributed by atoms with E-state index in [9.17, 15) is 5.11 Å². The fourth-order valence-corrected chi connectivity index (χ4v) is 2.24. The highest BCUT2D eigenvalue weighted by Crippen LogP contribution is 2.34. The molecule has 0 heterocycles. The fourth-order valence-electron chi connectivity index (χ4n) is 2.08. The van der Waals surface area contributed by atoms with Gasteiger partial charge in [-0.2, -0.15) is 0 Å². The number of ether oxygens (including phenoxy) is 1. The molecule has 20 heavy (non-hydrogen) atoms. The second-order valence-corrected chi connectivity index (χ2v) is 5.64. The Morgan fingerprint density at radius 2 is 1.85 bits per heavy atom. The molecule has 0 aliphatic carbocycles. The molecular weight excluding hydrogens is 272 g/mol. The lowest BCUT2D eigenvalue weighted by Crippen LogP contribution is -1.97. The van der Waals surface area contributed by atoms with Gasteiger partial charge in [-0.1, -0.05) is 43.6 Å². The van der Waals surface area contributed by atoms with E-state index >= 15 is 0 Å². The van der Waals surface area contributed by atoms with E-state index in [1.807, 2.05) is 13.0 Å². The van der Waals surface area contributed by atoms with Crippen molar-refractivity contribution < 1.29 is 9.84 Å². The first-order valence-electron chi connectivity index (χ1n) is 6.69. The number of halogens is 1. The van der Waals surface area contributed by atoms with Crippen LogP contribution in [0.4, 0.5) is 0 Å². The van der Waals surface area contributed by atoms with Gasteiger partial charge in [-0.05, 0) is 42.2 Å². The summed E-state index contributed by atoms with van der Waals surface area (Å²) in [6, 6.07) is 11.4. The van der Waals surface area contributed by atoms with Gasteiger partial charge in [0.1, 0.15) is 11.5 Å². The highest BCUT2D eigenvalue weighted by atomic mass is 35.5. The summed E-state index contributed by atoms with van der Waals surface area (Å²) < 4.78 is 6.01. The maximum atomic E-state index is 9.40. The van der Waals surface area contributed by atoms with Crippen molar-refractivity contribution in [2.24, 2.45) is 0 Å². The Morgan fingerprint density at radius 1 is 1.10 bits per heavy atom. The fraction of sp³-hybridized carbons (Fsp3) is 0.294. The monoisotopic (exact) mass is 290 g/mol. The molecule has 0 radical (unpaired) electrons. The molecule has 0 spiro atoms. The number of aryl methyl sites for hydroxylation is 1. The summed E-state index contributed by atoms with van der Waals surface area (Å²) in [5, 5.41) is 9.99. The maximum Gasteiger partial charge on any atom is 0.134 e. The average Bonchev–Trinajstić information content (AvgIpc) is 2.38. The third-order valence-corrected chi connectivity index (χ3v) is 3.45. The Labute approximate surface area is 125 Å². The standard InChI is InChI=1S/C17H19ClO2/c1-11(2)15-7-4-12(3)8-17(15)20-16-9-14(18)6-5-13(16)10-19/h4-9,11,19H,10H2,1-3H3. The van der Waals surface area contributed by atoms with E-state index in [2.05, 4.69) is 26.0 Å². The minimum atomic E-state index is -0.0741. The first-order valence-corrected chi connectivity index (χ1v) is 7.06. The average molecular weight is 291 g/mol. The number of benzene rings is 2. The zero-order valence-corrected chi connectivity index (χ0v) is 12.7. The first kappa shape index (κ1) is 14.9. The lowest BCUT2D eigenvalue weighted by Gasteiger charge is -2.16. The molecule has 0 fully saturated rings. The summed E-state index contributed by atoms with van der Waals surface area (Å²) in [7, 11) is 0. The van der Waals surface area contributed by atoms with Gasteiger partial charge in [0.2, 0.25) is 0 Å². The minimum Gasteiger partial charge on any atom is -0.457 e. The van der Waals surface area contributed by atoms with Crippen molar-refractivity contribution in [1.29, 1.82) is 0 Å². The smallest absolute Gasteiger partial charge is 0.134 e. The van der Waals surface area contributed by atoms with Crippen molar-refractivity contribution in [3.63, 3.8) is 0 Å². The van der Waals surface area contributed by atoms with Gasteiger partial charge in [-0.15, -0.1) is 0 Å². The lowest BCUT2D eigenvalue weighted by atomic mass is 10.0. The lowest BCUT2D eigenvalue weighted by molar-refractivity contribution is 0.276. The molecule has 2 aromatic rings. The molecule has 0 aliphatic rings. The summed E-state index contributed by atoms with van der Waals surface area (Å²) in [6.45, 7) is 6.21. The molecule has 0 unspecified atom stereocenters. The van der Waals surface area contributed by atoms with E-state index in [4.69, 9.17) is 16.3 Å². The van der Waals surface area contributed by atoms with E-state index in [0.29, 0.717) is 16.7 Å². The molecule has 0 aromatic heterocycles. The number of aliphatic hydroxyl groups is 1. The first-order chi connectivity index (χ1) is 9.51. The van der Waals surface area contributed by atoms with Crippen molar-refractivity contribution in [3.05, 3.63) is 58.1 Å². The van der Waals surface area contributed by atoms with Crippen LogP contribution in [0, 0.1) is 6.92 Å². The SMILES string of the molecule is Cc1ccc(C(C)C)c(Oc2cc(Cl)ccc2CO)c1. The van der Waals surface area contributed by atoms with Gasteiger partial charge in [-0.3, -0.25) is 0 Å². The van der Waals surface area contributed by atoms with Crippen LogP contribution in [0.15, 0.2) is 36.4 Å². The second kappa shape index (κ2) is 6.29. The van der Waals surface area contributed by atoms with Gasteiger partial charge in [0.05, 0.1) is 6.61 Å². The van der Waals surface area contributed by atoms with Crippen LogP contribution in [0.2, 0.25) is 5.02 Å². The van der Waals surface area contributed by atoms with E-state index in [1.54, 1.807) is 18.2 Å². The van der Waals surface area contributed by atoms with E-state index in [0.717, 1.165) is 22.4 Å². The molecule has 0 aliphatic heterocycles. The van der Waals surface area contributed by atoms with Gasteiger partial charge in [0.15, 0.2) is 0 Å². The van der Waals surface area contributed by atoms with Crippen molar-refractivity contribution >= 4 is 11.6 Å². The highest BCUT2D eigenvalue weighted by Gasteiger charge is 2.11. The Balaban J connectivity index is 2.44. The van der Waals surface area contributed by atoms with Crippen LogP contribution < -0.4 is 4.74 Å². The van der Waals surface area contributed by atoms with Gasteiger partial charge in [-0.25, -0.2) is 0 Å². The third-order valence-electron chi connectivity index (χ3n) is 3.21. The minimum absolute atomic E-state index is 0.0741. The molecule has 1 N–H and O–H groups in total. The summed E-state index contributed by atoms with van der Waals surface area (Å²) in [5.74, 6) is 1.78. The van der Waals surface area contributed by atoms with Crippen molar-refractivity contribution in [2.75, 3.05) is 0 Å². The summed E-state index contributed by atoms with van der Waals surface area (Å²) in [6.07, 6.45) is 0. The van der Waals surface area contributed by atoms with Gasteiger partial charge >= 0.3 is 0 Å². The summed E-state index contributed by atoms with van der Waals surface area (Å²) in [4.78, 5) is 0. The van der Waals surface area contributed by atoms with Crippen molar-refractivity contribution in [2.45, 2.75) is 33.3 Å². The van der Waals surface area contributed by atoms with Crippen LogP contribution in [0.5, 0.6) is 11.5 Å². The normalized spacial score (nSPS) is 10.9. The van der Waals surface area contributed by atoms with Crippen molar-refractivity contribution in [1.82, 2.24) is 0 Å². The Bertz CT molecular complexity index is 606. The molecule has 2 aromatic carbocycles. The Kier molecular flexibility index (Phi) is 4.69. The molecule has 0 bridgehead atoms. The molecule has 0 saturated carbocycles.